The number of hydrogen-bond acceptors (Lipinski definition) is 2. The molecule has 0 N–H and O–H groups in total. The van der Waals surface area contributed by atoms with Gasteiger partial charge in [0.05, 0.1) is 12.4 Å². The number of rotatable bonds is 14. The standard InChI is InChI=1S/C88H72B2N4/c1-65-59-67(3)87(68(4)60-65)89-91(63-79-47-43-75(44-48-79)37-35-71-27-31-73(32-28-71)39-41-77-51-55-85(56-52-77)93(81-19-11-7-12-20-81)82-21-13-8-14-22-82)90(88-69(5)61-66(2)62-70(88)6)92(89)64-80-49-45-76(46-50-80)38-36-72-29-33-74(34-30-72)40-42-78-53-57-86(58-54-78)94(83-23-15-9-16-24-83)84-25-17-10-18-26-84/h7-34,39-64H,1-6H3/b41-39+,42-40+,91-63?,92-64?. The minimum Gasteiger partial charge on any atom is -0.595 e. The summed E-state index contributed by atoms with van der Waals surface area (Å²) < 4.78 is 5.13. The molecule has 12 aromatic rings. The third-order valence-corrected chi connectivity index (χ3v) is 17.4. The van der Waals surface area contributed by atoms with Crippen LogP contribution in [0.1, 0.15) is 89.0 Å². The van der Waals surface area contributed by atoms with E-state index in [0.29, 0.717) is 0 Å². The van der Waals surface area contributed by atoms with Crippen LogP contribution in [0.2, 0.25) is 0 Å². The van der Waals surface area contributed by atoms with Crippen LogP contribution in [-0.4, -0.2) is 35.2 Å². The molecule has 1 heterocycles. The Morgan fingerprint density at radius 2 is 0.468 bits per heavy atom. The van der Waals surface area contributed by atoms with Gasteiger partial charge in [0, 0.05) is 67.5 Å². The predicted octanol–water partition coefficient (Wildman–Crippen LogP) is 19.0. The lowest BCUT2D eigenvalue weighted by Crippen LogP contribution is -2.79. The molecular weight excluding hydrogens is 1130 g/mol. The fourth-order valence-electron chi connectivity index (χ4n) is 12.9. The normalized spacial score (nSPS) is 12.2. The number of benzene rings is 12. The van der Waals surface area contributed by atoms with Crippen LogP contribution < -0.4 is 20.7 Å². The number of anilines is 6. The summed E-state index contributed by atoms with van der Waals surface area (Å²) in [6, 6.07) is 103. The Balaban J connectivity index is 0.710. The average Bonchev–Trinajstić information content (AvgIpc) is 0.717. The van der Waals surface area contributed by atoms with E-state index in [0.717, 1.165) is 89.8 Å². The number of hydrogen-bond donors (Lipinski definition) is 0. The maximum absolute atomic E-state index is 3.45. The highest BCUT2D eigenvalue weighted by atomic mass is 15.2. The van der Waals surface area contributed by atoms with Gasteiger partial charge in [0.15, 0.2) is 0 Å². The van der Waals surface area contributed by atoms with E-state index in [-0.39, 0.29) is 14.0 Å². The molecule has 0 bridgehead atoms. The molecule has 0 aromatic heterocycles. The van der Waals surface area contributed by atoms with Crippen LogP contribution in [0.25, 0.3) is 24.3 Å². The minimum atomic E-state index is -0.0620. The molecule has 6 heteroatoms. The molecule has 1 aliphatic rings. The Morgan fingerprint density at radius 3 is 0.713 bits per heavy atom. The van der Waals surface area contributed by atoms with E-state index >= 15 is 0 Å². The van der Waals surface area contributed by atoms with Crippen LogP contribution in [0.4, 0.5) is 34.1 Å². The molecule has 0 unspecified atom stereocenters. The second-order valence-corrected chi connectivity index (χ2v) is 24.4. The fourth-order valence-corrected chi connectivity index (χ4v) is 12.9. The van der Waals surface area contributed by atoms with E-state index in [2.05, 4.69) is 412 Å². The van der Waals surface area contributed by atoms with E-state index in [1.54, 1.807) is 0 Å². The monoisotopic (exact) mass is 1210 g/mol. The first-order valence-electron chi connectivity index (χ1n) is 32.2. The van der Waals surface area contributed by atoms with Gasteiger partial charge in [-0.2, -0.15) is 0 Å². The molecule has 12 aromatic carbocycles. The lowest BCUT2D eigenvalue weighted by atomic mass is 9.38. The van der Waals surface area contributed by atoms with Gasteiger partial charge in [-0.05, 0) is 209 Å². The van der Waals surface area contributed by atoms with Crippen LogP contribution in [0.15, 0.2) is 291 Å². The van der Waals surface area contributed by atoms with Gasteiger partial charge in [0.25, 0.3) is 0 Å². The maximum Gasteiger partial charge on any atom is 0.485 e. The maximum atomic E-state index is 3.45. The van der Waals surface area contributed by atoms with Crippen LogP contribution in [-0.2, 0) is 0 Å². The van der Waals surface area contributed by atoms with Crippen molar-refractivity contribution in [3.63, 3.8) is 0 Å². The van der Waals surface area contributed by atoms with Crippen molar-refractivity contribution in [2.75, 3.05) is 9.80 Å². The van der Waals surface area contributed by atoms with E-state index < -0.39 is 0 Å². The smallest absolute Gasteiger partial charge is 0.485 e. The largest absolute Gasteiger partial charge is 0.595 e. The first kappa shape index (κ1) is 61.2. The Labute approximate surface area is 556 Å². The van der Waals surface area contributed by atoms with Crippen molar-refractivity contribution in [3.8, 4) is 23.7 Å². The Bertz CT molecular complexity index is 4450. The molecule has 1 aliphatic heterocycles. The Morgan fingerprint density at radius 1 is 0.255 bits per heavy atom. The highest BCUT2D eigenvalue weighted by Gasteiger charge is 2.48. The van der Waals surface area contributed by atoms with Crippen molar-refractivity contribution in [3.05, 3.63) is 380 Å². The quantitative estimate of drug-likeness (QED) is 0.0611. The van der Waals surface area contributed by atoms with E-state index in [9.17, 15) is 0 Å². The minimum absolute atomic E-state index is 0.0620. The number of aryl methyl sites for hydroxylation is 6. The lowest BCUT2D eigenvalue weighted by molar-refractivity contribution is -0.499. The topological polar surface area (TPSA) is 12.5 Å². The summed E-state index contributed by atoms with van der Waals surface area (Å²) in [6.07, 6.45) is 13.3. The van der Waals surface area contributed by atoms with E-state index in [4.69, 9.17) is 0 Å². The predicted molar refractivity (Wildman–Crippen MR) is 401 cm³/mol. The molecule has 1 saturated heterocycles. The number of nitrogens with zero attached hydrogens (tertiary/aromatic N) is 4. The summed E-state index contributed by atoms with van der Waals surface area (Å²) in [7, 11) is 0. The van der Waals surface area contributed by atoms with Crippen LogP contribution in [0, 0.1) is 65.2 Å². The summed E-state index contributed by atoms with van der Waals surface area (Å²) in [5.74, 6) is 13.7. The van der Waals surface area contributed by atoms with Crippen molar-refractivity contribution >= 4 is 95.7 Å². The highest BCUT2D eigenvalue weighted by molar-refractivity contribution is 6.83. The first-order chi connectivity index (χ1) is 46.0. The zero-order valence-electron chi connectivity index (χ0n) is 54.1. The van der Waals surface area contributed by atoms with Crippen molar-refractivity contribution in [1.82, 2.24) is 0 Å². The lowest BCUT2D eigenvalue weighted by Gasteiger charge is -2.51. The molecule has 4 nitrogen and oxygen atoms in total. The summed E-state index contributed by atoms with van der Waals surface area (Å²) in [5.41, 5.74) is 27.6. The molecule has 0 amide bonds. The first-order valence-corrected chi connectivity index (χ1v) is 32.2. The van der Waals surface area contributed by atoms with Gasteiger partial charge < -0.3 is 18.6 Å². The van der Waals surface area contributed by atoms with Gasteiger partial charge in [0.1, 0.15) is 0 Å². The summed E-state index contributed by atoms with van der Waals surface area (Å²) in [4.78, 5) is 4.56. The zero-order chi connectivity index (χ0) is 64.3. The van der Waals surface area contributed by atoms with Crippen molar-refractivity contribution in [1.29, 1.82) is 0 Å². The molecule has 1 fully saturated rings. The average molecular weight is 1210 g/mol. The second kappa shape index (κ2) is 28.2. The molecule has 0 aliphatic carbocycles. The summed E-state index contributed by atoms with van der Waals surface area (Å²) in [5, 5.41) is 0. The van der Waals surface area contributed by atoms with E-state index in [1.807, 2.05) is 0 Å². The SMILES string of the molecule is Cc1cc(C)c([B-]2[N+](=Cc3ccc(C#Cc4ccc(/C=C/c5ccc(N(c6ccccc6)c6ccccc6)cc5)cc4)cc3)[B-](c3c(C)cc(C)cc3C)[N+]2=Cc2ccc(C#Cc3ccc(/C=C/c4ccc(N(c5ccccc5)c5ccccc5)cc4)cc3)cc2)c(C)c1. The van der Waals surface area contributed by atoms with E-state index in [1.165, 1.54) is 44.3 Å². The molecule has 2 radical (unpaired) electrons. The van der Waals surface area contributed by atoms with Gasteiger partial charge in [-0.15, -0.1) is 0 Å². The fraction of sp³-hybridized carbons (Fsp3) is 0.0682. The molecule has 13 rings (SSSR count). The van der Waals surface area contributed by atoms with Crippen LogP contribution in [0.5, 0.6) is 0 Å². The van der Waals surface area contributed by atoms with Gasteiger partial charge >= 0.3 is 14.0 Å². The molecule has 0 spiro atoms. The van der Waals surface area contributed by atoms with Gasteiger partial charge in [-0.25, -0.2) is 0 Å². The summed E-state index contributed by atoms with van der Waals surface area (Å²) in [6.45, 7) is 13.3. The molecule has 0 saturated carbocycles. The molecule has 94 heavy (non-hydrogen) atoms. The van der Waals surface area contributed by atoms with Gasteiger partial charge in [-0.3, -0.25) is 0 Å². The Kier molecular flexibility index (Phi) is 18.4. The Hall–Kier alpha value is -11.7. The molecule has 0 atom stereocenters. The zero-order valence-corrected chi connectivity index (χ0v) is 54.1. The molecule has 450 valence electrons. The summed E-state index contributed by atoms with van der Waals surface area (Å²) >= 11 is 0. The van der Waals surface area contributed by atoms with Gasteiger partial charge in [0.2, 0.25) is 0 Å². The second-order valence-electron chi connectivity index (χ2n) is 24.4. The highest BCUT2D eigenvalue weighted by Crippen LogP contribution is 2.36. The van der Waals surface area contributed by atoms with Crippen molar-refractivity contribution in [2.24, 2.45) is 0 Å². The van der Waals surface area contributed by atoms with Crippen LogP contribution in [0.3, 0.4) is 0 Å². The van der Waals surface area contributed by atoms with Gasteiger partial charge in [-0.1, -0.05) is 238 Å². The molecular formula is C88H72B2N4. The number of para-hydroxylation sites is 4. The third-order valence-electron chi connectivity index (χ3n) is 17.4. The third kappa shape index (κ3) is 14.2. The van der Waals surface area contributed by atoms with Crippen LogP contribution >= 0.6 is 0 Å². The van der Waals surface area contributed by atoms with Crippen molar-refractivity contribution < 1.29 is 8.80 Å². The van der Waals surface area contributed by atoms with Crippen molar-refractivity contribution in [2.45, 2.75) is 41.5 Å².